The largest absolute Gasteiger partial charge is 0.477 e. The van der Waals surface area contributed by atoms with Gasteiger partial charge in [0.05, 0.1) is 11.9 Å². The van der Waals surface area contributed by atoms with E-state index in [4.69, 9.17) is 9.84 Å². The van der Waals surface area contributed by atoms with Gasteiger partial charge < -0.3 is 20.5 Å². The Morgan fingerprint density at radius 2 is 2.10 bits per heavy atom. The molecule has 0 bridgehead atoms. The number of pyridine rings is 1. The number of hydrogen-bond donors (Lipinski definition) is 3. The Hall–Kier alpha value is -2.15. The van der Waals surface area contributed by atoms with Crippen LogP contribution < -0.4 is 10.6 Å². The first-order valence-corrected chi connectivity index (χ1v) is 6.80. The van der Waals surface area contributed by atoms with Crippen molar-refractivity contribution in [3.05, 3.63) is 24.0 Å². The zero-order valence-corrected chi connectivity index (χ0v) is 11.9. The van der Waals surface area contributed by atoms with Gasteiger partial charge in [0.15, 0.2) is 0 Å². The minimum atomic E-state index is -1.10. The number of nitrogens with one attached hydrogen (secondary N) is 2. The first-order chi connectivity index (χ1) is 9.98. The molecule has 21 heavy (non-hydrogen) atoms. The lowest BCUT2D eigenvalue weighted by Crippen LogP contribution is -2.41. The van der Waals surface area contributed by atoms with Crippen LogP contribution >= 0.6 is 0 Å². The Bertz CT molecular complexity index is 509. The standard InChI is InChI=1S/C14H19N3O4/c1-14(4-6-21-7-5-14)9-16-13(20)17-10-2-3-11(12(18)19)15-8-10/h2-3,8H,4-7,9H2,1H3,(H,18,19)(H2,16,17,20). The quantitative estimate of drug-likeness (QED) is 0.784. The average Bonchev–Trinajstić information content (AvgIpc) is 2.47. The van der Waals surface area contributed by atoms with E-state index in [0.29, 0.717) is 12.2 Å². The van der Waals surface area contributed by atoms with E-state index in [1.54, 1.807) is 0 Å². The molecule has 1 aliphatic heterocycles. The zero-order chi connectivity index (χ0) is 15.3. The van der Waals surface area contributed by atoms with Gasteiger partial charge in [-0.1, -0.05) is 6.92 Å². The highest BCUT2D eigenvalue weighted by Gasteiger charge is 2.27. The van der Waals surface area contributed by atoms with Gasteiger partial charge in [0.1, 0.15) is 5.69 Å². The fourth-order valence-corrected chi connectivity index (χ4v) is 2.10. The molecule has 0 atom stereocenters. The van der Waals surface area contributed by atoms with Gasteiger partial charge in [-0.15, -0.1) is 0 Å². The lowest BCUT2D eigenvalue weighted by molar-refractivity contribution is 0.0254. The van der Waals surface area contributed by atoms with Gasteiger partial charge >= 0.3 is 12.0 Å². The maximum atomic E-state index is 11.8. The van der Waals surface area contributed by atoms with E-state index in [0.717, 1.165) is 26.1 Å². The van der Waals surface area contributed by atoms with E-state index in [-0.39, 0.29) is 17.1 Å². The molecule has 1 aromatic rings. The van der Waals surface area contributed by atoms with Crippen LogP contribution in [0.4, 0.5) is 10.5 Å². The van der Waals surface area contributed by atoms with Gasteiger partial charge in [-0.2, -0.15) is 0 Å². The van der Waals surface area contributed by atoms with Crippen molar-refractivity contribution in [1.82, 2.24) is 10.3 Å². The van der Waals surface area contributed by atoms with Gasteiger partial charge in [0.2, 0.25) is 0 Å². The summed E-state index contributed by atoms with van der Waals surface area (Å²) in [5.74, 6) is -1.10. The number of rotatable bonds is 4. The molecule has 0 saturated carbocycles. The van der Waals surface area contributed by atoms with Crippen molar-refractivity contribution in [2.75, 3.05) is 25.1 Å². The third-order valence-electron chi connectivity index (χ3n) is 3.62. The molecular weight excluding hydrogens is 274 g/mol. The predicted octanol–water partition coefficient (Wildman–Crippen LogP) is 1.72. The van der Waals surface area contributed by atoms with Gasteiger partial charge in [0, 0.05) is 19.8 Å². The van der Waals surface area contributed by atoms with Crippen molar-refractivity contribution in [3.63, 3.8) is 0 Å². The first kappa shape index (κ1) is 15.2. The molecule has 114 valence electrons. The van der Waals surface area contributed by atoms with E-state index in [1.807, 2.05) is 0 Å². The molecule has 0 spiro atoms. The summed E-state index contributed by atoms with van der Waals surface area (Å²) in [4.78, 5) is 26.2. The minimum Gasteiger partial charge on any atom is -0.477 e. The Morgan fingerprint density at radius 1 is 1.38 bits per heavy atom. The summed E-state index contributed by atoms with van der Waals surface area (Å²) in [5, 5.41) is 14.2. The van der Waals surface area contributed by atoms with Crippen molar-refractivity contribution >= 4 is 17.7 Å². The molecule has 7 nitrogen and oxygen atoms in total. The van der Waals surface area contributed by atoms with Crippen molar-refractivity contribution in [2.45, 2.75) is 19.8 Å². The van der Waals surface area contributed by atoms with Crippen molar-refractivity contribution in [1.29, 1.82) is 0 Å². The molecule has 2 heterocycles. The SMILES string of the molecule is CC1(CNC(=O)Nc2ccc(C(=O)O)nc2)CCOCC1. The second-order valence-electron chi connectivity index (χ2n) is 5.47. The van der Waals surface area contributed by atoms with Crippen LogP contribution in [0, 0.1) is 5.41 Å². The van der Waals surface area contributed by atoms with Crippen LogP contribution in [0.15, 0.2) is 18.3 Å². The summed E-state index contributed by atoms with van der Waals surface area (Å²) >= 11 is 0. The minimum absolute atomic E-state index is 0.0566. The summed E-state index contributed by atoms with van der Waals surface area (Å²) < 4.78 is 5.31. The number of carbonyl (C=O) groups is 2. The number of aromatic nitrogens is 1. The second kappa shape index (κ2) is 6.53. The summed E-state index contributed by atoms with van der Waals surface area (Å²) in [6, 6.07) is 2.52. The van der Waals surface area contributed by atoms with Crippen molar-refractivity contribution in [3.8, 4) is 0 Å². The number of nitrogens with zero attached hydrogens (tertiary/aromatic N) is 1. The molecule has 0 radical (unpaired) electrons. The molecule has 7 heteroatoms. The molecule has 1 fully saturated rings. The van der Waals surface area contributed by atoms with Crippen LogP contribution in [-0.2, 0) is 4.74 Å². The van der Waals surface area contributed by atoms with Crippen molar-refractivity contribution in [2.24, 2.45) is 5.41 Å². The third-order valence-corrected chi connectivity index (χ3v) is 3.62. The Labute approximate surface area is 122 Å². The van der Waals surface area contributed by atoms with Crippen LogP contribution in [0.25, 0.3) is 0 Å². The number of anilines is 1. The third kappa shape index (κ3) is 4.42. The van der Waals surface area contributed by atoms with Crippen LogP contribution in [-0.4, -0.2) is 41.8 Å². The number of hydrogen-bond acceptors (Lipinski definition) is 4. The second-order valence-corrected chi connectivity index (χ2v) is 5.47. The van der Waals surface area contributed by atoms with Gasteiger partial charge in [-0.25, -0.2) is 14.6 Å². The molecule has 1 saturated heterocycles. The summed E-state index contributed by atoms with van der Waals surface area (Å²) in [6.07, 6.45) is 3.16. The number of ether oxygens (including phenoxy) is 1. The number of amides is 2. The Morgan fingerprint density at radius 3 is 2.67 bits per heavy atom. The maximum Gasteiger partial charge on any atom is 0.354 e. The topological polar surface area (TPSA) is 101 Å². The highest BCUT2D eigenvalue weighted by atomic mass is 16.5. The molecule has 1 aliphatic rings. The number of carboxylic acid groups (broad SMARTS) is 1. The Kier molecular flexibility index (Phi) is 4.74. The summed E-state index contributed by atoms with van der Waals surface area (Å²) in [6.45, 7) is 4.14. The lowest BCUT2D eigenvalue weighted by atomic mass is 9.82. The fourth-order valence-electron chi connectivity index (χ4n) is 2.10. The molecule has 0 aromatic carbocycles. The van der Waals surface area contributed by atoms with Gasteiger partial charge in [-0.3, -0.25) is 0 Å². The number of urea groups is 1. The zero-order valence-electron chi connectivity index (χ0n) is 11.9. The van der Waals surface area contributed by atoms with E-state index >= 15 is 0 Å². The Balaban J connectivity index is 1.82. The average molecular weight is 293 g/mol. The fraction of sp³-hybridized carbons (Fsp3) is 0.500. The van der Waals surface area contributed by atoms with Crippen LogP contribution in [0.2, 0.25) is 0 Å². The lowest BCUT2D eigenvalue weighted by Gasteiger charge is -2.33. The van der Waals surface area contributed by atoms with Gasteiger partial charge in [0.25, 0.3) is 0 Å². The van der Waals surface area contributed by atoms with Crippen LogP contribution in [0.1, 0.15) is 30.3 Å². The maximum absolute atomic E-state index is 11.8. The van der Waals surface area contributed by atoms with Crippen molar-refractivity contribution < 1.29 is 19.4 Å². The van der Waals surface area contributed by atoms with Crippen LogP contribution in [0.3, 0.4) is 0 Å². The van der Waals surface area contributed by atoms with E-state index in [1.165, 1.54) is 18.3 Å². The predicted molar refractivity (Wildman–Crippen MR) is 76.4 cm³/mol. The molecule has 3 N–H and O–H groups in total. The van der Waals surface area contributed by atoms with E-state index in [9.17, 15) is 9.59 Å². The molecular formula is C14H19N3O4. The van der Waals surface area contributed by atoms with E-state index in [2.05, 4.69) is 22.5 Å². The normalized spacial score (nSPS) is 17.0. The number of aromatic carboxylic acids is 1. The molecule has 2 rings (SSSR count). The summed E-state index contributed by atoms with van der Waals surface area (Å²) in [7, 11) is 0. The first-order valence-electron chi connectivity index (χ1n) is 6.80. The molecule has 1 aromatic heterocycles. The van der Waals surface area contributed by atoms with Gasteiger partial charge in [-0.05, 0) is 30.4 Å². The molecule has 0 aliphatic carbocycles. The van der Waals surface area contributed by atoms with E-state index < -0.39 is 5.97 Å². The molecule has 0 unspecified atom stereocenters. The number of carboxylic acids is 1. The highest BCUT2D eigenvalue weighted by Crippen LogP contribution is 2.28. The summed E-state index contributed by atoms with van der Waals surface area (Å²) in [5.41, 5.74) is 0.450. The number of carbonyl (C=O) groups excluding carboxylic acids is 1. The smallest absolute Gasteiger partial charge is 0.354 e. The van der Waals surface area contributed by atoms with Crippen LogP contribution in [0.5, 0.6) is 0 Å². The monoisotopic (exact) mass is 293 g/mol. The highest BCUT2D eigenvalue weighted by molar-refractivity contribution is 5.90. The molecule has 2 amide bonds.